The number of rotatable bonds is 2. The summed E-state index contributed by atoms with van der Waals surface area (Å²) in [5, 5.41) is 0. The normalized spacial score (nSPS) is 18.6. The van der Waals surface area contributed by atoms with Crippen molar-refractivity contribution >= 4 is 17.4 Å². The molecule has 2 rings (SSSR count). The average Bonchev–Trinajstić information content (AvgIpc) is 2.75. The number of carbonyl (C=O) groups is 2. The van der Waals surface area contributed by atoms with Gasteiger partial charge in [0.2, 0.25) is 5.91 Å². The van der Waals surface area contributed by atoms with Gasteiger partial charge in [0.1, 0.15) is 5.78 Å². The first kappa shape index (κ1) is 13.4. The summed E-state index contributed by atoms with van der Waals surface area (Å²) < 4.78 is 0. The van der Waals surface area contributed by atoms with E-state index < -0.39 is 5.92 Å². The summed E-state index contributed by atoms with van der Waals surface area (Å²) >= 11 is 0. The first-order valence-electron chi connectivity index (χ1n) is 6.07. The molecule has 0 saturated carbocycles. The zero-order valence-electron chi connectivity index (χ0n) is 10.6. The molecule has 3 heteroatoms. The van der Waals surface area contributed by atoms with Crippen molar-refractivity contribution in [3.63, 3.8) is 0 Å². The van der Waals surface area contributed by atoms with Crippen LogP contribution in [0.5, 0.6) is 0 Å². The van der Waals surface area contributed by atoms with Crippen LogP contribution in [0.25, 0.3) is 0 Å². The summed E-state index contributed by atoms with van der Waals surface area (Å²) in [7, 11) is 0. The Morgan fingerprint density at radius 3 is 2.29 bits per heavy atom. The monoisotopic (exact) mass is 233 g/mol. The molecular weight excluding hydrogens is 214 g/mol. The number of anilines is 1. The van der Waals surface area contributed by atoms with Crippen LogP contribution in [-0.4, -0.2) is 18.2 Å². The van der Waals surface area contributed by atoms with E-state index in [0.717, 1.165) is 5.69 Å². The smallest absolute Gasteiger partial charge is 0.237 e. The van der Waals surface area contributed by atoms with E-state index >= 15 is 0 Å². The number of Topliss-reactive ketones (excluding diaryl/α,β-unsaturated/α-hetero) is 1. The second kappa shape index (κ2) is 6.18. The molecule has 0 radical (unpaired) electrons. The summed E-state index contributed by atoms with van der Waals surface area (Å²) in [6.07, 6.45) is 0.642. The largest absolute Gasteiger partial charge is 0.312 e. The van der Waals surface area contributed by atoms with E-state index in [0.29, 0.717) is 13.0 Å². The molecule has 0 aromatic heterocycles. The molecule has 1 aliphatic rings. The van der Waals surface area contributed by atoms with Gasteiger partial charge in [0.05, 0.1) is 5.92 Å². The van der Waals surface area contributed by atoms with Crippen LogP contribution in [-0.2, 0) is 9.59 Å². The predicted octanol–water partition coefficient (Wildman–Crippen LogP) is 2.65. The molecule has 1 fully saturated rings. The molecule has 3 nitrogen and oxygen atoms in total. The number of amides is 1. The lowest BCUT2D eigenvalue weighted by atomic mass is 10.0. The third kappa shape index (κ3) is 2.93. The SMILES string of the molecule is CC.CC(=O)C1CCN(c2ccccc2)C1=O. The quantitative estimate of drug-likeness (QED) is 0.736. The molecule has 92 valence electrons. The highest BCUT2D eigenvalue weighted by atomic mass is 16.2. The number of hydrogen-bond donors (Lipinski definition) is 0. The second-order valence-corrected chi connectivity index (χ2v) is 3.78. The molecule has 1 aromatic rings. The lowest BCUT2D eigenvalue weighted by molar-refractivity contribution is -0.129. The fourth-order valence-electron chi connectivity index (χ4n) is 1.92. The predicted molar refractivity (Wildman–Crippen MR) is 68.9 cm³/mol. The van der Waals surface area contributed by atoms with E-state index in [4.69, 9.17) is 0 Å². The van der Waals surface area contributed by atoms with Crippen molar-refractivity contribution in [3.8, 4) is 0 Å². The Labute approximate surface area is 102 Å². The molecule has 1 atom stereocenters. The Kier molecular flexibility index (Phi) is 4.88. The molecular formula is C14H19NO2. The maximum atomic E-state index is 11.9. The van der Waals surface area contributed by atoms with Gasteiger partial charge in [-0.25, -0.2) is 0 Å². The number of carbonyl (C=O) groups excluding carboxylic acids is 2. The molecule has 0 spiro atoms. The first-order valence-corrected chi connectivity index (χ1v) is 6.07. The van der Waals surface area contributed by atoms with Crippen molar-refractivity contribution in [3.05, 3.63) is 30.3 Å². The lowest BCUT2D eigenvalue weighted by Gasteiger charge is -2.15. The fraction of sp³-hybridized carbons (Fsp3) is 0.429. The van der Waals surface area contributed by atoms with Crippen LogP contribution in [0.3, 0.4) is 0 Å². The standard InChI is InChI=1S/C12H13NO2.C2H6/c1-9(14)11-7-8-13(12(11)15)10-5-3-2-4-6-10;1-2/h2-6,11H,7-8H2,1H3;1-2H3. The summed E-state index contributed by atoms with van der Waals surface area (Å²) in [4.78, 5) is 24.7. The second-order valence-electron chi connectivity index (χ2n) is 3.78. The minimum absolute atomic E-state index is 0.0292. The minimum atomic E-state index is -0.426. The van der Waals surface area contributed by atoms with Crippen LogP contribution in [0, 0.1) is 5.92 Å². The highest BCUT2D eigenvalue weighted by Crippen LogP contribution is 2.25. The van der Waals surface area contributed by atoms with Crippen LogP contribution in [0.2, 0.25) is 0 Å². The average molecular weight is 233 g/mol. The van der Waals surface area contributed by atoms with Gasteiger partial charge in [-0.2, -0.15) is 0 Å². The maximum absolute atomic E-state index is 11.9. The number of para-hydroxylation sites is 1. The molecule has 1 aliphatic heterocycles. The number of hydrogen-bond acceptors (Lipinski definition) is 2. The fourth-order valence-corrected chi connectivity index (χ4v) is 1.92. The number of ketones is 1. The van der Waals surface area contributed by atoms with E-state index in [2.05, 4.69) is 0 Å². The van der Waals surface area contributed by atoms with Crippen molar-refractivity contribution in [1.82, 2.24) is 0 Å². The van der Waals surface area contributed by atoms with Crippen molar-refractivity contribution < 1.29 is 9.59 Å². The number of benzene rings is 1. The Hall–Kier alpha value is -1.64. The zero-order chi connectivity index (χ0) is 12.8. The van der Waals surface area contributed by atoms with Crippen LogP contribution in [0.1, 0.15) is 27.2 Å². The lowest BCUT2D eigenvalue weighted by Crippen LogP contribution is -2.29. The van der Waals surface area contributed by atoms with E-state index in [1.165, 1.54) is 6.92 Å². The molecule has 1 aromatic carbocycles. The van der Waals surface area contributed by atoms with E-state index in [1.54, 1.807) is 4.90 Å². The maximum Gasteiger partial charge on any atom is 0.237 e. The van der Waals surface area contributed by atoms with Crippen molar-refractivity contribution in [2.75, 3.05) is 11.4 Å². The molecule has 17 heavy (non-hydrogen) atoms. The summed E-state index contributed by atoms with van der Waals surface area (Å²) in [6.45, 7) is 6.13. The van der Waals surface area contributed by atoms with Gasteiger partial charge >= 0.3 is 0 Å². The number of nitrogens with zero attached hydrogens (tertiary/aromatic N) is 1. The van der Waals surface area contributed by atoms with Crippen molar-refractivity contribution in [2.24, 2.45) is 5.92 Å². The third-order valence-electron chi connectivity index (χ3n) is 2.76. The molecule has 0 aliphatic carbocycles. The van der Waals surface area contributed by atoms with Crippen LogP contribution in [0.15, 0.2) is 30.3 Å². The van der Waals surface area contributed by atoms with E-state index in [1.807, 2.05) is 44.2 Å². The Bertz CT molecular complexity index is 386. The van der Waals surface area contributed by atoms with Gasteiger partial charge in [0, 0.05) is 12.2 Å². The summed E-state index contributed by atoms with van der Waals surface area (Å²) in [6, 6.07) is 9.47. The molecule has 1 amide bonds. The first-order chi connectivity index (χ1) is 8.20. The summed E-state index contributed by atoms with van der Waals surface area (Å²) in [5.41, 5.74) is 0.881. The molecule has 0 N–H and O–H groups in total. The highest BCUT2D eigenvalue weighted by Gasteiger charge is 2.35. The van der Waals surface area contributed by atoms with Gasteiger partial charge in [-0.05, 0) is 25.5 Å². The molecule has 0 bridgehead atoms. The highest BCUT2D eigenvalue weighted by molar-refractivity contribution is 6.09. The zero-order valence-corrected chi connectivity index (χ0v) is 10.6. The topological polar surface area (TPSA) is 37.4 Å². The Balaban J connectivity index is 0.000000686. The Morgan fingerprint density at radius 2 is 1.82 bits per heavy atom. The van der Waals surface area contributed by atoms with Gasteiger partial charge in [0.25, 0.3) is 0 Å². The van der Waals surface area contributed by atoms with Gasteiger partial charge in [-0.15, -0.1) is 0 Å². The van der Waals surface area contributed by atoms with Gasteiger partial charge in [-0.1, -0.05) is 32.0 Å². The van der Waals surface area contributed by atoms with Crippen molar-refractivity contribution in [1.29, 1.82) is 0 Å². The van der Waals surface area contributed by atoms with E-state index in [-0.39, 0.29) is 11.7 Å². The molecule has 1 saturated heterocycles. The van der Waals surface area contributed by atoms with Crippen LogP contribution < -0.4 is 4.90 Å². The minimum Gasteiger partial charge on any atom is -0.312 e. The third-order valence-corrected chi connectivity index (χ3v) is 2.76. The molecule has 1 unspecified atom stereocenters. The Morgan fingerprint density at radius 1 is 1.24 bits per heavy atom. The van der Waals surface area contributed by atoms with Gasteiger partial charge < -0.3 is 4.90 Å². The van der Waals surface area contributed by atoms with Gasteiger partial charge in [0.15, 0.2) is 0 Å². The van der Waals surface area contributed by atoms with E-state index in [9.17, 15) is 9.59 Å². The summed E-state index contributed by atoms with van der Waals surface area (Å²) in [5.74, 6) is -0.516. The van der Waals surface area contributed by atoms with Crippen LogP contribution in [0.4, 0.5) is 5.69 Å². The van der Waals surface area contributed by atoms with Gasteiger partial charge in [-0.3, -0.25) is 9.59 Å². The van der Waals surface area contributed by atoms with Crippen molar-refractivity contribution in [2.45, 2.75) is 27.2 Å². The molecule has 1 heterocycles. The van der Waals surface area contributed by atoms with Crippen LogP contribution >= 0.6 is 0 Å².